The van der Waals surface area contributed by atoms with Crippen molar-refractivity contribution in [2.75, 3.05) is 26.2 Å². The van der Waals surface area contributed by atoms with E-state index in [1.807, 2.05) is 24.5 Å². The summed E-state index contributed by atoms with van der Waals surface area (Å²) >= 11 is 0. The zero-order chi connectivity index (χ0) is 21.4. The lowest BCUT2D eigenvalue weighted by Gasteiger charge is -2.34. The molecule has 0 unspecified atom stereocenters. The SMILES string of the molecule is CC(C)n1c(CN2CCN(Cc3ccccc3)CC2)nc2c1c(=O)n(C)c(=O)n2C. The molecule has 0 bridgehead atoms. The number of benzene rings is 1. The highest BCUT2D eigenvalue weighted by Crippen LogP contribution is 2.19. The van der Waals surface area contributed by atoms with E-state index < -0.39 is 0 Å². The fourth-order valence-corrected chi connectivity index (χ4v) is 4.27. The smallest absolute Gasteiger partial charge is 0.318 e. The fourth-order valence-electron chi connectivity index (χ4n) is 4.27. The third-order valence-electron chi connectivity index (χ3n) is 5.96. The Labute approximate surface area is 176 Å². The van der Waals surface area contributed by atoms with Gasteiger partial charge in [0.25, 0.3) is 5.56 Å². The Kier molecular flexibility index (Phi) is 5.62. The quantitative estimate of drug-likeness (QED) is 0.635. The summed E-state index contributed by atoms with van der Waals surface area (Å²) in [6, 6.07) is 10.6. The molecule has 4 rings (SSSR count). The number of hydrogen-bond acceptors (Lipinski definition) is 5. The van der Waals surface area contributed by atoms with E-state index in [1.54, 1.807) is 7.05 Å². The van der Waals surface area contributed by atoms with Crippen LogP contribution in [-0.2, 0) is 27.2 Å². The topological polar surface area (TPSA) is 68.3 Å². The summed E-state index contributed by atoms with van der Waals surface area (Å²) in [5.74, 6) is 0.842. The van der Waals surface area contributed by atoms with E-state index in [0.29, 0.717) is 17.7 Å². The summed E-state index contributed by atoms with van der Waals surface area (Å²) in [7, 11) is 3.20. The second kappa shape index (κ2) is 8.20. The molecule has 3 aromatic rings. The molecule has 1 aliphatic rings. The molecule has 0 saturated carbocycles. The van der Waals surface area contributed by atoms with Crippen LogP contribution in [0, 0.1) is 0 Å². The second-order valence-corrected chi connectivity index (χ2v) is 8.41. The van der Waals surface area contributed by atoms with Crippen LogP contribution in [0.15, 0.2) is 39.9 Å². The largest absolute Gasteiger partial charge is 0.332 e. The van der Waals surface area contributed by atoms with Crippen molar-refractivity contribution >= 4 is 11.2 Å². The molecule has 0 amide bonds. The van der Waals surface area contributed by atoms with Crippen molar-refractivity contribution in [2.24, 2.45) is 14.1 Å². The van der Waals surface area contributed by atoms with Crippen LogP contribution < -0.4 is 11.2 Å². The maximum Gasteiger partial charge on any atom is 0.332 e. The Bertz CT molecular complexity index is 1150. The Balaban J connectivity index is 1.55. The molecule has 1 fully saturated rings. The van der Waals surface area contributed by atoms with E-state index >= 15 is 0 Å². The van der Waals surface area contributed by atoms with Crippen molar-refractivity contribution in [3.63, 3.8) is 0 Å². The molecule has 0 spiro atoms. The van der Waals surface area contributed by atoms with Gasteiger partial charge in [0, 0.05) is 52.9 Å². The number of piperazine rings is 1. The van der Waals surface area contributed by atoms with Crippen molar-refractivity contribution in [1.82, 2.24) is 28.5 Å². The second-order valence-electron chi connectivity index (χ2n) is 8.41. The van der Waals surface area contributed by atoms with Gasteiger partial charge in [-0.2, -0.15) is 0 Å². The maximum absolute atomic E-state index is 12.8. The lowest BCUT2D eigenvalue weighted by molar-refractivity contribution is 0.118. The van der Waals surface area contributed by atoms with E-state index in [2.05, 4.69) is 34.1 Å². The van der Waals surface area contributed by atoms with Crippen molar-refractivity contribution in [3.8, 4) is 0 Å². The third kappa shape index (κ3) is 3.73. The average Bonchev–Trinajstić information content (AvgIpc) is 3.12. The zero-order valence-electron chi connectivity index (χ0n) is 18.2. The maximum atomic E-state index is 12.8. The molecule has 0 radical (unpaired) electrons. The molecule has 0 atom stereocenters. The first-order chi connectivity index (χ1) is 14.4. The monoisotopic (exact) mass is 410 g/mol. The van der Waals surface area contributed by atoms with Gasteiger partial charge in [0.15, 0.2) is 11.2 Å². The number of aromatic nitrogens is 4. The highest BCUT2D eigenvalue weighted by atomic mass is 16.2. The highest BCUT2D eigenvalue weighted by molar-refractivity contribution is 5.71. The van der Waals surface area contributed by atoms with Crippen LogP contribution in [0.25, 0.3) is 11.2 Å². The van der Waals surface area contributed by atoms with E-state index in [9.17, 15) is 9.59 Å². The van der Waals surface area contributed by atoms with Crippen molar-refractivity contribution in [2.45, 2.75) is 33.0 Å². The summed E-state index contributed by atoms with van der Waals surface area (Å²) in [6.45, 7) is 9.63. The van der Waals surface area contributed by atoms with E-state index in [-0.39, 0.29) is 17.3 Å². The number of aryl methyl sites for hydroxylation is 1. The highest BCUT2D eigenvalue weighted by Gasteiger charge is 2.24. The normalized spacial score (nSPS) is 16.0. The van der Waals surface area contributed by atoms with E-state index in [1.165, 1.54) is 17.2 Å². The molecule has 1 aliphatic heterocycles. The Hall–Kier alpha value is -2.71. The molecule has 0 N–H and O–H groups in total. The van der Waals surface area contributed by atoms with Crippen LogP contribution >= 0.6 is 0 Å². The lowest BCUT2D eigenvalue weighted by Crippen LogP contribution is -2.45. The van der Waals surface area contributed by atoms with Crippen LogP contribution in [0.2, 0.25) is 0 Å². The van der Waals surface area contributed by atoms with Gasteiger partial charge in [-0.15, -0.1) is 0 Å². The predicted octanol–water partition coefficient (Wildman–Crippen LogP) is 1.33. The summed E-state index contributed by atoms with van der Waals surface area (Å²) in [6.07, 6.45) is 0. The van der Waals surface area contributed by atoms with Crippen LogP contribution in [0.3, 0.4) is 0 Å². The minimum Gasteiger partial charge on any atom is -0.318 e. The van der Waals surface area contributed by atoms with Gasteiger partial charge in [0.2, 0.25) is 0 Å². The number of hydrogen-bond donors (Lipinski definition) is 0. The van der Waals surface area contributed by atoms with Crippen LogP contribution in [-0.4, -0.2) is 54.7 Å². The first kappa shape index (κ1) is 20.6. The minimum atomic E-state index is -0.345. The zero-order valence-corrected chi connectivity index (χ0v) is 18.2. The number of nitrogens with zero attached hydrogens (tertiary/aromatic N) is 6. The van der Waals surface area contributed by atoms with Crippen molar-refractivity contribution < 1.29 is 0 Å². The van der Waals surface area contributed by atoms with Gasteiger partial charge in [-0.25, -0.2) is 9.78 Å². The molecule has 3 heterocycles. The van der Waals surface area contributed by atoms with Gasteiger partial charge in [-0.3, -0.25) is 23.7 Å². The summed E-state index contributed by atoms with van der Waals surface area (Å²) < 4.78 is 4.62. The van der Waals surface area contributed by atoms with Crippen LogP contribution in [0.4, 0.5) is 0 Å². The van der Waals surface area contributed by atoms with Gasteiger partial charge >= 0.3 is 5.69 Å². The first-order valence-corrected chi connectivity index (χ1v) is 10.5. The van der Waals surface area contributed by atoms with Crippen LogP contribution in [0.5, 0.6) is 0 Å². The van der Waals surface area contributed by atoms with Gasteiger partial charge in [0.05, 0.1) is 6.54 Å². The van der Waals surface area contributed by atoms with Crippen molar-refractivity contribution in [1.29, 1.82) is 0 Å². The minimum absolute atomic E-state index is 0.0783. The van der Waals surface area contributed by atoms with Gasteiger partial charge in [-0.05, 0) is 19.4 Å². The lowest BCUT2D eigenvalue weighted by atomic mass is 10.2. The van der Waals surface area contributed by atoms with Crippen LogP contribution in [0.1, 0.15) is 31.3 Å². The average molecular weight is 411 g/mol. The molecule has 30 heavy (non-hydrogen) atoms. The van der Waals surface area contributed by atoms with E-state index in [0.717, 1.165) is 43.1 Å². The first-order valence-electron chi connectivity index (χ1n) is 10.5. The summed E-state index contributed by atoms with van der Waals surface area (Å²) in [4.78, 5) is 34.7. The molecule has 8 nitrogen and oxygen atoms in total. The molecule has 0 aliphatic carbocycles. The van der Waals surface area contributed by atoms with Crippen molar-refractivity contribution in [3.05, 3.63) is 62.6 Å². The Morgan fingerprint density at radius 1 is 0.900 bits per heavy atom. The van der Waals surface area contributed by atoms with Gasteiger partial charge in [0.1, 0.15) is 5.82 Å². The molecular weight excluding hydrogens is 380 g/mol. The standard InChI is InChI=1S/C22H30N6O2/c1-16(2)28-18(23-20-19(28)21(29)25(4)22(30)24(20)3)15-27-12-10-26(11-13-27)14-17-8-6-5-7-9-17/h5-9,16H,10-15H2,1-4H3. The summed E-state index contributed by atoms with van der Waals surface area (Å²) in [5, 5.41) is 0. The number of imidazole rings is 1. The Morgan fingerprint density at radius 3 is 2.10 bits per heavy atom. The van der Waals surface area contributed by atoms with Gasteiger partial charge < -0.3 is 4.57 Å². The molecule has 8 heteroatoms. The molecule has 160 valence electrons. The summed E-state index contributed by atoms with van der Waals surface area (Å²) in [5.41, 5.74) is 1.68. The fraction of sp³-hybridized carbons (Fsp3) is 0.500. The molecular formula is C22H30N6O2. The number of fused-ring (bicyclic) bond motifs is 1. The van der Waals surface area contributed by atoms with Gasteiger partial charge in [-0.1, -0.05) is 30.3 Å². The number of rotatable bonds is 5. The van der Waals surface area contributed by atoms with E-state index in [4.69, 9.17) is 4.98 Å². The molecule has 2 aromatic heterocycles. The Morgan fingerprint density at radius 2 is 1.50 bits per heavy atom. The molecule has 1 saturated heterocycles. The predicted molar refractivity (Wildman–Crippen MR) is 118 cm³/mol. The molecule has 1 aromatic carbocycles. The third-order valence-corrected chi connectivity index (χ3v) is 5.96.